The summed E-state index contributed by atoms with van der Waals surface area (Å²) in [6, 6.07) is 3.64. The first-order valence-electron chi connectivity index (χ1n) is 10.4. The van der Waals surface area contributed by atoms with Crippen LogP contribution in [0.25, 0.3) is 0 Å². The Hall–Kier alpha value is -4.08. The summed E-state index contributed by atoms with van der Waals surface area (Å²) in [4.78, 5) is 54.7. The number of halogens is 3. The first-order chi connectivity index (χ1) is 16.3. The Balaban J connectivity index is 2.21. The number of unbranched alkanes of at least 4 members (excludes halogenated alkanes) is 1. The largest absolute Gasteiger partial charge is 0.491 e. The summed E-state index contributed by atoms with van der Waals surface area (Å²) >= 11 is 0. The van der Waals surface area contributed by atoms with Gasteiger partial charge in [0, 0.05) is 31.6 Å². The van der Waals surface area contributed by atoms with Crippen LogP contribution in [0.1, 0.15) is 42.1 Å². The average Bonchev–Trinajstić information content (AvgIpc) is 2.85. The molecule has 0 spiro atoms. The number of carbonyl (C=O) groups excluding carboxylic acids is 4. The number of hydrogen-bond donors (Lipinski definition) is 2. The molecule has 1 unspecified atom stereocenters. The fraction of sp³-hybridized carbons (Fsp3) is 0.409. The smallest absolute Gasteiger partial charge is 0.386 e. The van der Waals surface area contributed by atoms with E-state index in [2.05, 4.69) is 21.6 Å². The standard InChI is InChI=1S/C22H24F3N5O5/c1-13(10-18(32)35-20(34)22(23,24)25)30-12-17(31)29(2)16-8-7-14(11-15(16)19(30)33)6-4-3-5-9-28-21(26)27/h7-8,11,13H,3,5,9-10,12H2,1-2H3,(H4,26,27,28). The molecule has 35 heavy (non-hydrogen) atoms. The van der Waals surface area contributed by atoms with Crippen LogP contribution >= 0.6 is 0 Å². The van der Waals surface area contributed by atoms with Gasteiger partial charge in [-0.05, 0) is 31.5 Å². The summed E-state index contributed by atoms with van der Waals surface area (Å²) in [7, 11) is 1.47. The van der Waals surface area contributed by atoms with Crippen molar-refractivity contribution in [1.29, 1.82) is 0 Å². The van der Waals surface area contributed by atoms with Crippen LogP contribution in [0.15, 0.2) is 23.2 Å². The van der Waals surface area contributed by atoms with E-state index < -0.39 is 48.9 Å². The van der Waals surface area contributed by atoms with E-state index in [1.165, 1.54) is 24.9 Å². The summed E-state index contributed by atoms with van der Waals surface area (Å²) in [5, 5.41) is 0. The zero-order valence-electron chi connectivity index (χ0n) is 19.0. The fourth-order valence-electron chi connectivity index (χ4n) is 3.14. The van der Waals surface area contributed by atoms with Crippen LogP contribution in [0.5, 0.6) is 0 Å². The Morgan fingerprint density at radius 2 is 1.94 bits per heavy atom. The Morgan fingerprint density at radius 3 is 2.57 bits per heavy atom. The van der Waals surface area contributed by atoms with Crippen LogP contribution < -0.4 is 16.4 Å². The lowest BCUT2D eigenvalue weighted by atomic mass is 10.1. The minimum atomic E-state index is -5.34. The molecule has 2 rings (SSSR count). The molecule has 1 atom stereocenters. The molecule has 10 nitrogen and oxygen atoms in total. The van der Waals surface area contributed by atoms with Crippen molar-refractivity contribution < 1.29 is 37.1 Å². The Labute approximate surface area is 199 Å². The number of alkyl halides is 3. The quantitative estimate of drug-likeness (QED) is 0.149. The lowest BCUT2D eigenvalue weighted by Crippen LogP contribution is -2.44. The first kappa shape index (κ1) is 27.2. The molecule has 2 amide bonds. The summed E-state index contributed by atoms with van der Waals surface area (Å²) in [5.41, 5.74) is 11.4. The zero-order chi connectivity index (χ0) is 26.3. The minimum absolute atomic E-state index is 0.0140. The zero-order valence-corrected chi connectivity index (χ0v) is 19.0. The highest BCUT2D eigenvalue weighted by molar-refractivity contribution is 6.09. The highest BCUT2D eigenvalue weighted by Gasteiger charge is 2.43. The maximum Gasteiger partial charge on any atom is 0.491 e. The fourth-order valence-corrected chi connectivity index (χ4v) is 3.14. The molecule has 1 aromatic rings. The van der Waals surface area contributed by atoms with Crippen LogP contribution in [-0.2, 0) is 19.1 Å². The van der Waals surface area contributed by atoms with Crippen molar-refractivity contribution in [1.82, 2.24) is 4.90 Å². The molecule has 0 saturated heterocycles. The highest BCUT2D eigenvalue weighted by atomic mass is 19.4. The van der Waals surface area contributed by atoms with E-state index in [0.717, 1.165) is 4.90 Å². The second kappa shape index (κ2) is 11.4. The van der Waals surface area contributed by atoms with Gasteiger partial charge in [0.25, 0.3) is 5.91 Å². The molecule has 0 aliphatic carbocycles. The number of guanidine groups is 1. The topological polar surface area (TPSA) is 148 Å². The van der Waals surface area contributed by atoms with E-state index in [-0.39, 0.29) is 11.5 Å². The van der Waals surface area contributed by atoms with Gasteiger partial charge in [-0.3, -0.25) is 19.4 Å². The summed E-state index contributed by atoms with van der Waals surface area (Å²) < 4.78 is 40.8. The second-order valence-corrected chi connectivity index (χ2v) is 7.64. The minimum Gasteiger partial charge on any atom is -0.386 e. The number of likely N-dealkylation sites (N-methyl/N-ethyl adjacent to an activating group) is 1. The monoisotopic (exact) mass is 495 g/mol. The van der Waals surface area contributed by atoms with Gasteiger partial charge >= 0.3 is 18.1 Å². The Kier molecular flexibility index (Phi) is 8.82. The van der Waals surface area contributed by atoms with Crippen molar-refractivity contribution in [3.8, 4) is 11.8 Å². The van der Waals surface area contributed by atoms with Crippen LogP contribution in [0.2, 0.25) is 0 Å². The van der Waals surface area contributed by atoms with Crippen LogP contribution in [-0.4, -0.2) is 67.0 Å². The van der Waals surface area contributed by atoms with Crippen molar-refractivity contribution in [2.75, 3.05) is 25.0 Å². The first-order valence-corrected chi connectivity index (χ1v) is 10.4. The third-order valence-corrected chi connectivity index (χ3v) is 4.95. The van der Waals surface area contributed by atoms with Crippen molar-refractivity contribution in [3.63, 3.8) is 0 Å². The molecule has 1 heterocycles. The van der Waals surface area contributed by atoms with Gasteiger partial charge in [-0.2, -0.15) is 13.2 Å². The van der Waals surface area contributed by atoms with E-state index >= 15 is 0 Å². The number of ether oxygens (including phenoxy) is 1. The van der Waals surface area contributed by atoms with Crippen molar-refractivity contribution in [2.24, 2.45) is 16.5 Å². The lowest BCUT2D eigenvalue weighted by molar-refractivity contribution is -0.202. The van der Waals surface area contributed by atoms with E-state index in [0.29, 0.717) is 30.6 Å². The van der Waals surface area contributed by atoms with Gasteiger partial charge in [-0.25, -0.2) is 4.79 Å². The lowest BCUT2D eigenvalue weighted by Gasteiger charge is -2.26. The number of anilines is 1. The number of rotatable bonds is 6. The molecule has 1 aliphatic heterocycles. The van der Waals surface area contributed by atoms with Gasteiger partial charge in [0.1, 0.15) is 6.54 Å². The van der Waals surface area contributed by atoms with Gasteiger partial charge in [0.2, 0.25) is 5.91 Å². The van der Waals surface area contributed by atoms with Crippen molar-refractivity contribution >= 4 is 35.4 Å². The van der Waals surface area contributed by atoms with E-state index in [1.54, 1.807) is 12.1 Å². The predicted octanol–water partition coefficient (Wildman–Crippen LogP) is 0.921. The van der Waals surface area contributed by atoms with Crippen LogP contribution in [0.4, 0.5) is 18.9 Å². The van der Waals surface area contributed by atoms with Gasteiger partial charge < -0.3 is 26.0 Å². The third-order valence-electron chi connectivity index (χ3n) is 4.95. The molecule has 0 fully saturated rings. The Bertz CT molecular complexity index is 1100. The average molecular weight is 495 g/mol. The van der Waals surface area contributed by atoms with Gasteiger partial charge in [0.05, 0.1) is 17.7 Å². The maximum absolute atomic E-state index is 13.2. The molecule has 0 saturated carbocycles. The van der Waals surface area contributed by atoms with E-state index in [9.17, 15) is 32.3 Å². The molecule has 13 heteroatoms. The molecule has 1 aliphatic rings. The SMILES string of the molecule is CC(CC(=O)OC(=O)C(F)(F)F)N1CC(=O)N(C)c2ccc(C#CCCCN=C(N)N)cc2C1=O. The predicted molar refractivity (Wildman–Crippen MR) is 119 cm³/mol. The molecular weight excluding hydrogens is 471 g/mol. The second-order valence-electron chi connectivity index (χ2n) is 7.64. The molecule has 188 valence electrons. The van der Waals surface area contributed by atoms with E-state index in [1.807, 2.05) is 0 Å². The number of aliphatic imine (C=N–C) groups is 1. The van der Waals surface area contributed by atoms with Gasteiger partial charge in [-0.1, -0.05) is 11.8 Å². The summed E-state index contributed by atoms with van der Waals surface area (Å²) in [5.74, 6) is 0.587. The molecule has 0 radical (unpaired) electrons. The number of carbonyl (C=O) groups is 4. The van der Waals surface area contributed by atoms with Crippen LogP contribution in [0, 0.1) is 11.8 Å². The number of amides is 2. The summed E-state index contributed by atoms with van der Waals surface area (Å²) in [6.07, 6.45) is -4.96. The highest BCUT2D eigenvalue weighted by Crippen LogP contribution is 2.27. The van der Waals surface area contributed by atoms with Gasteiger partial charge in [-0.15, -0.1) is 0 Å². The molecule has 0 bridgehead atoms. The van der Waals surface area contributed by atoms with E-state index in [4.69, 9.17) is 11.5 Å². The maximum atomic E-state index is 13.2. The third kappa shape index (κ3) is 7.46. The molecule has 0 aromatic heterocycles. The van der Waals surface area contributed by atoms with Crippen LogP contribution in [0.3, 0.4) is 0 Å². The molecule has 1 aromatic carbocycles. The number of fused-ring (bicyclic) bond motifs is 1. The number of nitrogens with zero attached hydrogens (tertiary/aromatic N) is 3. The van der Waals surface area contributed by atoms with Crippen molar-refractivity contribution in [3.05, 3.63) is 29.3 Å². The number of hydrogen-bond acceptors (Lipinski definition) is 6. The number of nitrogens with two attached hydrogens (primary N) is 2. The molecular formula is C22H24F3N5O5. The summed E-state index contributed by atoms with van der Waals surface area (Å²) in [6.45, 7) is 1.34. The van der Waals surface area contributed by atoms with Crippen molar-refractivity contribution in [2.45, 2.75) is 38.4 Å². The number of esters is 2. The number of benzene rings is 1. The molecule has 4 N–H and O–H groups in total. The normalized spacial score (nSPS) is 14.3. The Morgan fingerprint density at radius 1 is 1.26 bits per heavy atom. The van der Waals surface area contributed by atoms with Gasteiger partial charge in [0.15, 0.2) is 5.96 Å².